The second kappa shape index (κ2) is 12.4. The number of carbonyl (C=O) groups excluding carboxylic acids is 1. The molecule has 228 valence electrons. The largest absolute Gasteiger partial charge is 0.462 e. The van der Waals surface area contributed by atoms with Crippen LogP contribution in [-0.2, 0) is 23.4 Å². The number of nitrogens with one attached hydrogen (secondary N) is 1. The van der Waals surface area contributed by atoms with Crippen molar-refractivity contribution in [1.82, 2.24) is 14.6 Å². The van der Waals surface area contributed by atoms with Gasteiger partial charge in [0, 0.05) is 11.6 Å². The van der Waals surface area contributed by atoms with Gasteiger partial charge in [-0.3, -0.25) is 13.9 Å². The van der Waals surface area contributed by atoms with E-state index in [0.29, 0.717) is 15.3 Å². The molecule has 16 heteroatoms. The Hall–Kier alpha value is -3.49. The number of aromatic nitrogens is 2. The maximum absolute atomic E-state index is 15.2. The summed E-state index contributed by atoms with van der Waals surface area (Å²) < 4.78 is 80.3. The fourth-order valence-corrected chi connectivity index (χ4v) is 5.83. The first-order valence-electron chi connectivity index (χ1n) is 12.8. The Kier molecular flexibility index (Phi) is 9.28. The molecule has 6 atom stereocenters. The van der Waals surface area contributed by atoms with Gasteiger partial charge in [-0.2, -0.15) is 10.1 Å². The van der Waals surface area contributed by atoms with Gasteiger partial charge in [-0.25, -0.2) is 22.5 Å². The lowest BCUT2D eigenvalue weighted by Crippen LogP contribution is -2.52. The number of ether oxygens (including phenoxy) is 2. The number of alkyl halides is 3. The zero-order valence-electron chi connectivity index (χ0n) is 22.7. The van der Waals surface area contributed by atoms with Gasteiger partial charge in [0.1, 0.15) is 23.7 Å². The van der Waals surface area contributed by atoms with Crippen molar-refractivity contribution >= 4 is 30.3 Å². The number of nitrogens with zero attached hydrogens (tertiary/aromatic N) is 2. The van der Waals surface area contributed by atoms with Crippen LogP contribution in [-0.4, -0.2) is 63.7 Å². The first kappa shape index (κ1) is 31.4. The molecule has 4 rings (SSSR count). The van der Waals surface area contributed by atoms with Crippen molar-refractivity contribution in [3.8, 4) is 5.75 Å². The number of hydrogen-bond donors (Lipinski definition) is 3. The third-order valence-corrected chi connectivity index (χ3v) is 8.00. The summed E-state index contributed by atoms with van der Waals surface area (Å²) in [6.07, 6.45) is -10.3. The molecule has 1 fully saturated rings. The standard InChI is InChI=1S/C26H30F3N4O8P/c1-14(2)39-23(35)15(3)32-42(37,41-18-10-6-8-16-7-4-5-9-17(16)18)38-13-26(24(28)29)21(34)20(27)22(40-26)33-12-11-19(30)31-25(33)36/h4-12,14-15,20-22,24,34H,13H2,1-3H3,(H,32,37)(H2,30,31,36)/t15-,20-,21-,22+,26+,42?/m0/s1. The first-order valence-corrected chi connectivity index (χ1v) is 14.3. The van der Waals surface area contributed by atoms with E-state index in [0.717, 1.165) is 12.3 Å². The molecular formula is C26H30F3N4O8P. The summed E-state index contributed by atoms with van der Waals surface area (Å²) >= 11 is 0. The molecule has 0 radical (unpaired) electrons. The SMILES string of the molecule is CC(C)OC(=O)[C@H](C)NP(=O)(OC[C@@]1(C(F)F)O[C@@H](n2ccc(N)nc2=O)[C@@H](F)[C@@H]1O)Oc1cccc2ccccc12. The summed E-state index contributed by atoms with van der Waals surface area (Å²) in [5.41, 5.74) is 1.20. The zero-order valence-corrected chi connectivity index (χ0v) is 23.6. The smallest absolute Gasteiger partial charge is 0.459 e. The van der Waals surface area contributed by atoms with Gasteiger partial charge in [-0.15, -0.1) is 0 Å². The van der Waals surface area contributed by atoms with E-state index in [1.54, 1.807) is 50.2 Å². The van der Waals surface area contributed by atoms with Crippen LogP contribution < -0.4 is 21.0 Å². The Morgan fingerprint density at radius 2 is 1.90 bits per heavy atom. The Morgan fingerprint density at radius 1 is 1.21 bits per heavy atom. The number of esters is 1. The summed E-state index contributed by atoms with van der Waals surface area (Å²) in [5, 5.41) is 14.1. The van der Waals surface area contributed by atoms with Crippen molar-refractivity contribution in [2.75, 3.05) is 12.3 Å². The summed E-state index contributed by atoms with van der Waals surface area (Å²) in [6.45, 7) is 3.07. The van der Waals surface area contributed by atoms with Gasteiger partial charge in [-0.05, 0) is 38.3 Å². The molecule has 1 aliphatic rings. The highest BCUT2D eigenvalue weighted by atomic mass is 31.2. The molecule has 1 unspecified atom stereocenters. The quantitative estimate of drug-likeness (QED) is 0.214. The van der Waals surface area contributed by atoms with E-state index in [1.165, 1.54) is 13.0 Å². The number of aliphatic hydroxyl groups excluding tert-OH is 1. The Bertz CT molecular complexity index is 1540. The second-order valence-corrected chi connectivity index (χ2v) is 11.6. The normalized spacial score (nSPS) is 24.5. The van der Waals surface area contributed by atoms with Gasteiger partial charge in [0.15, 0.2) is 18.0 Å². The highest BCUT2D eigenvalue weighted by molar-refractivity contribution is 7.52. The van der Waals surface area contributed by atoms with Gasteiger partial charge < -0.3 is 24.8 Å². The van der Waals surface area contributed by atoms with E-state index < -0.39 is 68.7 Å². The molecule has 0 spiro atoms. The third kappa shape index (κ3) is 6.45. The first-order chi connectivity index (χ1) is 19.8. The minimum atomic E-state index is -4.78. The molecule has 0 saturated carbocycles. The zero-order chi connectivity index (χ0) is 30.8. The van der Waals surface area contributed by atoms with Gasteiger partial charge in [0.05, 0.1) is 12.7 Å². The average Bonchev–Trinajstić information content (AvgIpc) is 3.18. The van der Waals surface area contributed by atoms with Crippen molar-refractivity contribution in [1.29, 1.82) is 0 Å². The highest BCUT2D eigenvalue weighted by Crippen LogP contribution is 2.50. The predicted octanol–water partition coefficient (Wildman–Crippen LogP) is 3.34. The maximum atomic E-state index is 15.2. The molecular weight excluding hydrogens is 584 g/mol. The van der Waals surface area contributed by atoms with E-state index in [4.69, 9.17) is 24.3 Å². The third-order valence-electron chi connectivity index (χ3n) is 6.40. The van der Waals surface area contributed by atoms with E-state index in [1.807, 2.05) is 0 Å². The van der Waals surface area contributed by atoms with Crippen molar-refractivity contribution in [3.63, 3.8) is 0 Å². The van der Waals surface area contributed by atoms with Crippen LogP contribution in [0, 0.1) is 0 Å². The van der Waals surface area contributed by atoms with Crippen LogP contribution >= 0.6 is 7.75 Å². The number of anilines is 1. The molecule has 0 bridgehead atoms. The van der Waals surface area contributed by atoms with E-state index in [2.05, 4.69) is 10.1 Å². The molecule has 0 amide bonds. The number of benzene rings is 2. The second-order valence-electron chi connectivity index (χ2n) is 9.87. The lowest BCUT2D eigenvalue weighted by molar-refractivity contribution is -0.192. The molecule has 0 aliphatic carbocycles. The summed E-state index contributed by atoms with van der Waals surface area (Å²) in [6, 6.07) is 11.4. The van der Waals surface area contributed by atoms with Crippen LogP contribution in [0.5, 0.6) is 5.75 Å². The van der Waals surface area contributed by atoms with Crippen LogP contribution in [0.3, 0.4) is 0 Å². The molecule has 1 aliphatic heterocycles. The van der Waals surface area contributed by atoms with Crippen molar-refractivity contribution in [2.24, 2.45) is 0 Å². The number of fused-ring (bicyclic) bond motifs is 1. The number of nitrogens with two attached hydrogens (primary N) is 1. The van der Waals surface area contributed by atoms with E-state index in [9.17, 15) is 28.0 Å². The summed E-state index contributed by atoms with van der Waals surface area (Å²) in [4.78, 5) is 28.2. The lowest BCUT2D eigenvalue weighted by Gasteiger charge is -2.32. The van der Waals surface area contributed by atoms with Gasteiger partial charge in [0.25, 0.3) is 6.43 Å². The van der Waals surface area contributed by atoms with E-state index >= 15 is 4.39 Å². The van der Waals surface area contributed by atoms with Crippen LogP contribution in [0.1, 0.15) is 27.0 Å². The molecule has 2 aromatic carbocycles. The maximum Gasteiger partial charge on any atom is 0.459 e. The minimum absolute atomic E-state index is 0.00749. The Labute approximate surface area is 238 Å². The molecule has 1 saturated heterocycles. The molecule has 3 aromatic rings. The number of aliphatic hydroxyl groups is 1. The number of hydrogen-bond acceptors (Lipinski definition) is 10. The monoisotopic (exact) mass is 614 g/mol. The van der Waals surface area contributed by atoms with Crippen LogP contribution in [0.25, 0.3) is 10.8 Å². The van der Waals surface area contributed by atoms with Crippen molar-refractivity contribution in [3.05, 3.63) is 65.2 Å². The fourth-order valence-electron chi connectivity index (χ4n) is 4.28. The van der Waals surface area contributed by atoms with Crippen molar-refractivity contribution < 1.29 is 46.2 Å². The molecule has 42 heavy (non-hydrogen) atoms. The Morgan fingerprint density at radius 3 is 2.57 bits per heavy atom. The van der Waals surface area contributed by atoms with Crippen LogP contribution in [0.15, 0.2) is 59.5 Å². The molecule has 4 N–H and O–H groups in total. The van der Waals surface area contributed by atoms with Crippen LogP contribution in [0.4, 0.5) is 19.0 Å². The molecule has 2 heterocycles. The number of nitrogen functional groups attached to an aromatic ring is 1. The summed E-state index contributed by atoms with van der Waals surface area (Å²) in [7, 11) is -4.78. The van der Waals surface area contributed by atoms with Crippen molar-refractivity contribution in [2.45, 2.75) is 63.4 Å². The van der Waals surface area contributed by atoms with Crippen LogP contribution in [0.2, 0.25) is 0 Å². The lowest BCUT2D eigenvalue weighted by atomic mass is 9.97. The number of rotatable bonds is 11. The molecule has 1 aromatic heterocycles. The summed E-state index contributed by atoms with van der Waals surface area (Å²) in [5.74, 6) is -1.06. The van der Waals surface area contributed by atoms with Gasteiger partial charge >= 0.3 is 19.4 Å². The van der Waals surface area contributed by atoms with E-state index in [-0.39, 0.29) is 11.6 Å². The predicted molar refractivity (Wildman–Crippen MR) is 145 cm³/mol. The highest BCUT2D eigenvalue weighted by Gasteiger charge is 2.62. The molecule has 12 nitrogen and oxygen atoms in total. The topological polar surface area (TPSA) is 164 Å². The minimum Gasteiger partial charge on any atom is -0.462 e. The Balaban J connectivity index is 1.67. The number of halogens is 3. The average molecular weight is 615 g/mol. The van der Waals surface area contributed by atoms with Gasteiger partial charge in [0.2, 0.25) is 0 Å². The van der Waals surface area contributed by atoms with Gasteiger partial charge in [-0.1, -0.05) is 36.4 Å². The number of carbonyl (C=O) groups is 1. The fraction of sp³-hybridized carbons (Fsp3) is 0.423.